The van der Waals surface area contributed by atoms with Gasteiger partial charge in [0.2, 0.25) is 10.0 Å². The van der Waals surface area contributed by atoms with E-state index in [1.807, 2.05) is 13.0 Å². The fourth-order valence-electron chi connectivity index (χ4n) is 2.24. The summed E-state index contributed by atoms with van der Waals surface area (Å²) in [5.41, 5.74) is 0.916. The van der Waals surface area contributed by atoms with Crippen molar-refractivity contribution in [2.75, 3.05) is 6.54 Å². The molecule has 6 heteroatoms. The molecule has 112 valence electrons. The largest absolute Gasteiger partial charge is 0.313 e. The van der Waals surface area contributed by atoms with Crippen LogP contribution >= 0.6 is 11.6 Å². The third-order valence-corrected chi connectivity index (χ3v) is 5.59. The van der Waals surface area contributed by atoms with Gasteiger partial charge in [0.1, 0.15) is 4.90 Å². The molecule has 1 saturated carbocycles. The fourth-order valence-corrected chi connectivity index (χ4v) is 4.11. The van der Waals surface area contributed by atoms with Gasteiger partial charge >= 0.3 is 0 Å². The average Bonchev–Trinajstić information content (AvgIpc) is 3.15. The third-order valence-electron chi connectivity index (χ3n) is 3.62. The van der Waals surface area contributed by atoms with Gasteiger partial charge in [0, 0.05) is 12.6 Å². The first-order valence-corrected chi connectivity index (χ1v) is 8.85. The summed E-state index contributed by atoms with van der Waals surface area (Å²) in [5, 5.41) is 3.44. The third kappa shape index (κ3) is 3.73. The number of benzene rings is 1. The molecule has 2 unspecified atom stereocenters. The summed E-state index contributed by atoms with van der Waals surface area (Å²) < 4.78 is 27.5. The maximum Gasteiger partial charge on any atom is 0.242 e. The molecule has 0 aromatic heterocycles. The zero-order valence-electron chi connectivity index (χ0n) is 11.8. The number of hydrogen-bond donors (Lipinski definition) is 2. The Morgan fingerprint density at radius 1 is 1.35 bits per heavy atom. The molecule has 1 aliphatic rings. The van der Waals surface area contributed by atoms with E-state index in [-0.39, 0.29) is 16.0 Å². The van der Waals surface area contributed by atoms with Crippen LogP contribution in [0.15, 0.2) is 23.1 Å². The van der Waals surface area contributed by atoms with Crippen LogP contribution in [0.4, 0.5) is 0 Å². The molecular weight excluding hydrogens is 296 g/mol. The van der Waals surface area contributed by atoms with Crippen LogP contribution < -0.4 is 10.0 Å². The predicted octanol–water partition coefficient (Wildman–Crippen LogP) is 2.53. The number of hydrogen-bond acceptors (Lipinski definition) is 3. The molecule has 4 nitrogen and oxygen atoms in total. The van der Waals surface area contributed by atoms with Crippen LogP contribution in [-0.4, -0.2) is 21.0 Å². The van der Waals surface area contributed by atoms with Gasteiger partial charge in [-0.15, -0.1) is 0 Å². The van der Waals surface area contributed by atoms with E-state index in [0.29, 0.717) is 12.5 Å². The topological polar surface area (TPSA) is 58.2 Å². The summed E-state index contributed by atoms with van der Waals surface area (Å²) in [5.74, 6) is 0.466. The van der Waals surface area contributed by atoms with E-state index in [1.165, 1.54) is 0 Å². The molecule has 1 aromatic carbocycles. The van der Waals surface area contributed by atoms with E-state index in [2.05, 4.69) is 17.0 Å². The fraction of sp³-hybridized carbons (Fsp3) is 0.571. The Hall–Kier alpha value is -0.620. The minimum atomic E-state index is -3.53. The van der Waals surface area contributed by atoms with E-state index in [1.54, 1.807) is 12.1 Å². The second kappa shape index (κ2) is 6.43. The van der Waals surface area contributed by atoms with Gasteiger partial charge in [0.05, 0.1) is 5.02 Å². The molecule has 0 aliphatic heterocycles. The van der Waals surface area contributed by atoms with E-state index >= 15 is 0 Å². The number of halogens is 1. The molecule has 0 spiro atoms. The summed E-state index contributed by atoms with van der Waals surface area (Å²) in [6.07, 6.45) is 1.92. The van der Waals surface area contributed by atoms with Gasteiger partial charge in [-0.2, -0.15) is 0 Å². The molecule has 0 saturated heterocycles. The van der Waals surface area contributed by atoms with E-state index < -0.39 is 10.0 Å². The van der Waals surface area contributed by atoms with Crippen LogP contribution in [-0.2, 0) is 16.6 Å². The standard InChI is InChI=1S/C14H21ClN2O2S/c1-3-11-8-13(11)17-20(18,19)14-7-10(9-16-4-2)5-6-12(14)15/h5-7,11,13,16-17H,3-4,8-9H2,1-2H3. The monoisotopic (exact) mass is 316 g/mol. The normalized spacial score (nSPS) is 21.9. The highest BCUT2D eigenvalue weighted by atomic mass is 35.5. The van der Waals surface area contributed by atoms with Crippen molar-refractivity contribution in [3.05, 3.63) is 28.8 Å². The minimum Gasteiger partial charge on any atom is -0.313 e. The molecule has 0 radical (unpaired) electrons. The molecule has 1 aromatic rings. The Morgan fingerprint density at radius 3 is 2.70 bits per heavy atom. The van der Waals surface area contributed by atoms with E-state index in [4.69, 9.17) is 11.6 Å². The van der Waals surface area contributed by atoms with Crippen LogP contribution in [0.3, 0.4) is 0 Å². The quantitative estimate of drug-likeness (QED) is 0.812. The van der Waals surface area contributed by atoms with Gasteiger partial charge in [0.25, 0.3) is 0 Å². The van der Waals surface area contributed by atoms with Crippen molar-refractivity contribution in [3.63, 3.8) is 0 Å². The Balaban J connectivity index is 2.17. The molecule has 0 bridgehead atoms. The zero-order chi connectivity index (χ0) is 14.8. The van der Waals surface area contributed by atoms with Crippen molar-refractivity contribution < 1.29 is 8.42 Å². The second-order valence-corrected chi connectivity index (χ2v) is 7.27. The highest BCUT2D eigenvalue weighted by molar-refractivity contribution is 7.89. The smallest absolute Gasteiger partial charge is 0.242 e. The number of rotatable bonds is 7. The van der Waals surface area contributed by atoms with Gasteiger partial charge in [0.15, 0.2) is 0 Å². The van der Waals surface area contributed by atoms with E-state index in [0.717, 1.165) is 24.9 Å². The van der Waals surface area contributed by atoms with Gasteiger partial charge in [-0.05, 0) is 36.6 Å². The molecule has 1 fully saturated rings. The van der Waals surface area contributed by atoms with Crippen LogP contribution in [0.25, 0.3) is 0 Å². The number of nitrogens with one attached hydrogen (secondary N) is 2. The SMILES string of the molecule is CCNCc1ccc(Cl)c(S(=O)(=O)NC2CC2CC)c1. The van der Waals surface area contributed by atoms with Crippen molar-refractivity contribution in [1.29, 1.82) is 0 Å². The second-order valence-electron chi connectivity index (χ2n) is 5.18. The van der Waals surface area contributed by atoms with Gasteiger partial charge in [-0.3, -0.25) is 0 Å². The summed E-state index contributed by atoms with van der Waals surface area (Å²) >= 11 is 6.05. The van der Waals surface area contributed by atoms with Crippen molar-refractivity contribution >= 4 is 21.6 Å². The lowest BCUT2D eigenvalue weighted by Crippen LogP contribution is -2.27. The summed E-state index contributed by atoms with van der Waals surface area (Å²) in [6, 6.07) is 5.21. The van der Waals surface area contributed by atoms with Gasteiger partial charge in [-0.1, -0.05) is 37.9 Å². The van der Waals surface area contributed by atoms with Crippen molar-refractivity contribution in [3.8, 4) is 0 Å². The van der Waals surface area contributed by atoms with Crippen molar-refractivity contribution in [2.45, 2.75) is 44.2 Å². The Kier molecular flexibility index (Phi) is 5.07. The lowest BCUT2D eigenvalue weighted by molar-refractivity contribution is 0.575. The lowest BCUT2D eigenvalue weighted by Gasteiger charge is -2.10. The highest BCUT2D eigenvalue weighted by Gasteiger charge is 2.39. The Morgan fingerprint density at radius 2 is 2.10 bits per heavy atom. The first kappa shape index (κ1) is 15.8. The van der Waals surface area contributed by atoms with Crippen LogP contribution in [0.1, 0.15) is 32.3 Å². The molecule has 2 N–H and O–H groups in total. The lowest BCUT2D eigenvalue weighted by atomic mass is 10.2. The number of sulfonamides is 1. The van der Waals surface area contributed by atoms with Crippen LogP contribution in [0.5, 0.6) is 0 Å². The summed E-state index contributed by atoms with van der Waals surface area (Å²) in [4.78, 5) is 0.177. The minimum absolute atomic E-state index is 0.0680. The highest BCUT2D eigenvalue weighted by Crippen LogP contribution is 2.35. The maximum absolute atomic E-state index is 12.4. The summed E-state index contributed by atoms with van der Waals surface area (Å²) in [7, 11) is -3.53. The Bertz CT molecular complexity index is 575. The van der Waals surface area contributed by atoms with Crippen molar-refractivity contribution in [1.82, 2.24) is 10.0 Å². The van der Waals surface area contributed by atoms with Crippen molar-refractivity contribution in [2.24, 2.45) is 5.92 Å². The van der Waals surface area contributed by atoms with E-state index in [9.17, 15) is 8.42 Å². The Labute approximate surface area is 126 Å². The van der Waals surface area contributed by atoms with Crippen LogP contribution in [0.2, 0.25) is 5.02 Å². The summed E-state index contributed by atoms with van der Waals surface area (Å²) in [6.45, 7) is 5.55. The van der Waals surface area contributed by atoms with Gasteiger partial charge < -0.3 is 5.32 Å². The molecule has 0 heterocycles. The maximum atomic E-state index is 12.4. The van der Waals surface area contributed by atoms with Gasteiger partial charge in [-0.25, -0.2) is 13.1 Å². The molecule has 1 aliphatic carbocycles. The average molecular weight is 317 g/mol. The molecule has 2 atom stereocenters. The first-order chi connectivity index (χ1) is 9.47. The molecule has 20 heavy (non-hydrogen) atoms. The first-order valence-electron chi connectivity index (χ1n) is 6.99. The molecule has 2 rings (SSSR count). The predicted molar refractivity (Wildman–Crippen MR) is 81.3 cm³/mol. The van der Waals surface area contributed by atoms with Crippen LogP contribution in [0, 0.1) is 5.92 Å². The molecule has 0 amide bonds. The molecular formula is C14H21ClN2O2S. The zero-order valence-corrected chi connectivity index (χ0v) is 13.4.